The highest BCUT2D eigenvalue weighted by Gasteiger charge is 2.32. The number of ether oxygens (including phenoxy) is 3. The number of nitroso groups, excluding NO2 is 2. The quantitative estimate of drug-likeness (QED) is 0.477. The van der Waals surface area contributed by atoms with E-state index in [-0.39, 0.29) is 6.61 Å². The van der Waals surface area contributed by atoms with Crippen molar-refractivity contribution in [1.82, 2.24) is 0 Å². The van der Waals surface area contributed by atoms with Gasteiger partial charge in [-0.25, -0.2) is 0 Å². The first kappa shape index (κ1) is 20.5. The van der Waals surface area contributed by atoms with Gasteiger partial charge in [-0.1, -0.05) is 40.7 Å². The smallest absolute Gasteiger partial charge is 0.228 e. The second kappa shape index (κ2) is 10.3. The fourth-order valence-corrected chi connectivity index (χ4v) is 2.58. The maximum atomic E-state index is 11.1. The molecule has 8 nitrogen and oxygen atoms in total. The lowest BCUT2D eigenvalue weighted by molar-refractivity contribution is -0.110. The van der Waals surface area contributed by atoms with Crippen LogP contribution >= 0.6 is 0 Å². The molecule has 0 aliphatic heterocycles. The highest BCUT2D eigenvalue weighted by Crippen LogP contribution is 2.31. The Morgan fingerprint density at radius 2 is 1.78 bits per heavy atom. The molecular weight excluding hydrogens is 352 g/mol. The molecule has 27 heavy (non-hydrogen) atoms. The van der Waals surface area contributed by atoms with Crippen LogP contribution in [0.25, 0.3) is 11.1 Å². The van der Waals surface area contributed by atoms with Crippen molar-refractivity contribution in [3.05, 3.63) is 58.3 Å². The zero-order valence-corrected chi connectivity index (χ0v) is 15.1. The fraction of sp³-hybridized carbons (Fsp3) is 0.368. The molecule has 0 aliphatic carbocycles. The van der Waals surface area contributed by atoms with E-state index < -0.39 is 25.0 Å². The summed E-state index contributed by atoms with van der Waals surface area (Å²) >= 11 is 0. The summed E-state index contributed by atoms with van der Waals surface area (Å²) < 4.78 is 16.4. The normalized spacial score (nSPS) is 14.0. The minimum absolute atomic E-state index is 0.233. The van der Waals surface area contributed by atoms with Crippen molar-refractivity contribution in [2.45, 2.75) is 25.4 Å². The zero-order chi connectivity index (χ0) is 19.6. The van der Waals surface area contributed by atoms with Gasteiger partial charge in [0.2, 0.25) is 6.29 Å². The number of rotatable bonds is 11. The summed E-state index contributed by atoms with van der Waals surface area (Å²) in [5.74, 6) is 1.17. The van der Waals surface area contributed by atoms with Crippen LogP contribution in [-0.2, 0) is 4.74 Å². The topological polar surface area (TPSA) is 107 Å². The van der Waals surface area contributed by atoms with Crippen molar-refractivity contribution in [2.24, 2.45) is 10.4 Å². The van der Waals surface area contributed by atoms with E-state index in [1.807, 2.05) is 36.4 Å². The van der Waals surface area contributed by atoms with Crippen LogP contribution in [-0.4, -0.2) is 43.8 Å². The molecule has 0 radical (unpaired) electrons. The lowest BCUT2D eigenvalue weighted by Gasteiger charge is -2.25. The van der Waals surface area contributed by atoms with Gasteiger partial charge in [-0.15, -0.1) is 0 Å². The number of aliphatic hydroxyl groups excluding tert-OH is 1. The van der Waals surface area contributed by atoms with Gasteiger partial charge in [-0.3, -0.25) is 0 Å². The average molecular weight is 374 g/mol. The summed E-state index contributed by atoms with van der Waals surface area (Å²) in [5.41, 5.74) is 1.84. The summed E-state index contributed by atoms with van der Waals surface area (Å²) in [6, 6.07) is 13.4. The van der Waals surface area contributed by atoms with Crippen LogP contribution < -0.4 is 9.47 Å². The molecular formula is C19H22N2O6. The van der Waals surface area contributed by atoms with Crippen LogP contribution in [0.1, 0.15) is 6.92 Å². The average Bonchev–Trinajstić information content (AvgIpc) is 2.69. The van der Waals surface area contributed by atoms with E-state index in [0.717, 1.165) is 16.9 Å². The summed E-state index contributed by atoms with van der Waals surface area (Å²) in [5, 5.41) is 15.3. The molecule has 0 amide bonds. The second-order valence-electron chi connectivity index (χ2n) is 5.64. The summed E-state index contributed by atoms with van der Waals surface area (Å²) in [4.78, 5) is 21.5. The van der Waals surface area contributed by atoms with Gasteiger partial charge >= 0.3 is 0 Å². The van der Waals surface area contributed by atoms with E-state index in [9.17, 15) is 14.9 Å². The minimum Gasteiger partial charge on any atom is -0.496 e. The number of hydrogen-bond acceptors (Lipinski definition) is 8. The predicted octanol–water partition coefficient (Wildman–Crippen LogP) is 3.37. The highest BCUT2D eigenvalue weighted by molar-refractivity contribution is 5.70. The second-order valence-corrected chi connectivity index (χ2v) is 5.64. The first-order valence-corrected chi connectivity index (χ1v) is 8.46. The largest absolute Gasteiger partial charge is 0.496 e. The van der Waals surface area contributed by atoms with Crippen molar-refractivity contribution in [3.8, 4) is 22.6 Å². The van der Waals surface area contributed by atoms with Crippen LogP contribution in [0.5, 0.6) is 11.5 Å². The van der Waals surface area contributed by atoms with Crippen molar-refractivity contribution in [1.29, 1.82) is 0 Å². The molecule has 0 spiro atoms. The summed E-state index contributed by atoms with van der Waals surface area (Å²) in [6.45, 7) is 1.47. The third kappa shape index (κ3) is 5.32. The molecule has 144 valence electrons. The van der Waals surface area contributed by atoms with Gasteiger partial charge < -0.3 is 19.3 Å². The molecule has 0 aliphatic rings. The third-order valence-electron chi connectivity index (χ3n) is 3.91. The molecule has 2 aromatic carbocycles. The Balaban J connectivity index is 2.19. The number of benzene rings is 2. The van der Waals surface area contributed by atoms with E-state index >= 15 is 0 Å². The lowest BCUT2D eigenvalue weighted by Crippen LogP contribution is -2.42. The molecule has 0 fully saturated rings. The molecule has 2 aromatic rings. The number of aliphatic hydroxyl groups is 1. The highest BCUT2D eigenvalue weighted by atomic mass is 16.7. The Kier molecular flexibility index (Phi) is 7.84. The molecule has 8 heteroatoms. The van der Waals surface area contributed by atoms with Crippen LogP contribution in [0.3, 0.4) is 0 Å². The molecule has 0 heterocycles. The Labute approximate surface area is 157 Å². The third-order valence-corrected chi connectivity index (χ3v) is 3.91. The van der Waals surface area contributed by atoms with E-state index in [4.69, 9.17) is 14.2 Å². The lowest BCUT2D eigenvalue weighted by atomic mass is 10.0. The Hall–Kier alpha value is -2.84. The van der Waals surface area contributed by atoms with Crippen molar-refractivity contribution >= 4 is 0 Å². The molecule has 0 saturated carbocycles. The Morgan fingerprint density at radius 1 is 1.07 bits per heavy atom. The number of para-hydroxylation sites is 1. The van der Waals surface area contributed by atoms with Gasteiger partial charge in [0.05, 0.1) is 7.11 Å². The maximum Gasteiger partial charge on any atom is 0.228 e. The number of methoxy groups -OCH3 is 1. The van der Waals surface area contributed by atoms with Crippen molar-refractivity contribution < 1.29 is 19.3 Å². The zero-order valence-electron chi connectivity index (χ0n) is 15.1. The molecule has 3 unspecified atom stereocenters. The molecule has 1 N–H and O–H groups in total. The summed E-state index contributed by atoms with van der Waals surface area (Å²) in [6.07, 6.45) is -2.52. The number of hydrogen-bond donors (Lipinski definition) is 1. The minimum atomic E-state index is -1.38. The van der Waals surface area contributed by atoms with E-state index in [1.54, 1.807) is 26.2 Å². The first-order valence-electron chi connectivity index (χ1n) is 8.46. The standard InChI is InChI=1S/C19H22N2O6/c1-3-26-19(18(21-24)16(22)12-20-23)27-14-10-8-13(9-11-14)15-6-4-5-7-17(15)25-2/h4-11,16,18-19,22H,3,12H2,1-2H3. The first-order chi connectivity index (χ1) is 13.1. The van der Waals surface area contributed by atoms with Crippen LogP contribution in [0, 0.1) is 9.81 Å². The van der Waals surface area contributed by atoms with Gasteiger partial charge in [0.1, 0.15) is 24.1 Å². The van der Waals surface area contributed by atoms with Crippen LogP contribution in [0.15, 0.2) is 58.9 Å². The predicted molar refractivity (Wildman–Crippen MR) is 101 cm³/mol. The molecule has 0 saturated heterocycles. The van der Waals surface area contributed by atoms with Gasteiger partial charge in [0, 0.05) is 12.2 Å². The van der Waals surface area contributed by atoms with Crippen molar-refractivity contribution in [3.63, 3.8) is 0 Å². The molecule has 2 rings (SSSR count). The Bertz CT molecular complexity index is 737. The van der Waals surface area contributed by atoms with Crippen LogP contribution in [0.2, 0.25) is 0 Å². The molecule has 3 atom stereocenters. The van der Waals surface area contributed by atoms with E-state index in [2.05, 4.69) is 10.4 Å². The number of nitrogens with zero attached hydrogens (tertiary/aromatic N) is 2. The SMILES string of the molecule is CCOC(Oc1ccc(-c2ccccc2OC)cc1)C(N=O)C(O)CN=O. The Morgan fingerprint density at radius 3 is 2.37 bits per heavy atom. The monoisotopic (exact) mass is 374 g/mol. The van der Waals surface area contributed by atoms with E-state index in [0.29, 0.717) is 5.75 Å². The van der Waals surface area contributed by atoms with Crippen molar-refractivity contribution in [2.75, 3.05) is 20.3 Å². The van der Waals surface area contributed by atoms with Gasteiger partial charge in [0.25, 0.3) is 0 Å². The summed E-state index contributed by atoms with van der Waals surface area (Å²) in [7, 11) is 1.61. The van der Waals surface area contributed by atoms with Gasteiger partial charge in [-0.2, -0.15) is 9.81 Å². The molecule has 0 aromatic heterocycles. The maximum absolute atomic E-state index is 11.1. The molecule has 0 bridgehead atoms. The van der Waals surface area contributed by atoms with Gasteiger partial charge in [-0.05, 0) is 30.7 Å². The van der Waals surface area contributed by atoms with E-state index in [1.165, 1.54) is 0 Å². The fourth-order valence-electron chi connectivity index (χ4n) is 2.58. The van der Waals surface area contributed by atoms with Crippen LogP contribution in [0.4, 0.5) is 0 Å². The van der Waals surface area contributed by atoms with Gasteiger partial charge in [0.15, 0.2) is 6.04 Å².